The fourth-order valence-electron chi connectivity index (χ4n) is 3.06. The van der Waals surface area contributed by atoms with Crippen LogP contribution < -0.4 is 5.56 Å². The molecule has 1 N–H and O–H groups in total. The molecule has 5 aromatic rings. The smallest absolute Gasteiger partial charge is 0.269 e. The first-order chi connectivity index (χ1) is 13.8. The van der Waals surface area contributed by atoms with Crippen molar-refractivity contribution in [1.29, 1.82) is 0 Å². The second-order valence-corrected chi connectivity index (χ2v) is 7.04. The van der Waals surface area contributed by atoms with Gasteiger partial charge in [-0.3, -0.25) is 14.8 Å². The van der Waals surface area contributed by atoms with Crippen LogP contribution in [0.25, 0.3) is 33.1 Å². The second-order valence-electron chi connectivity index (χ2n) is 6.16. The zero-order valence-electron chi connectivity index (χ0n) is 14.6. The molecule has 0 spiro atoms. The van der Waals surface area contributed by atoms with Gasteiger partial charge in [0.25, 0.3) is 5.56 Å². The predicted molar refractivity (Wildman–Crippen MR) is 108 cm³/mol. The topological polar surface area (TPSA) is 89.4 Å². The lowest BCUT2D eigenvalue weighted by atomic mass is 10.2. The molecule has 28 heavy (non-hydrogen) atoms. The van der Waals surface area contributed by atoms with Crippen molar-refractivity contribution in [2.24, 2.45) is 0 Å². The summed E-state index contributed by atoms with van der Waals surface area (Å²) < 4.78 is 2.49. The van der Waals surface area contributed by atoms with Gasteiger partial charge in [0.1, 0.15) is 4.70 Å². The van der Waals surface area contributed by atoms with Crippen LogP contribution >= 0.6 is 11.3 Å². The van der Waals surface area contributed by atoms with Gasteiger partial charge in [0.2, 0.25) is 0 Å². The van der Waals surface area contributed by atoms with Crippen molar-refractivity contribution in [1.82, 2.24) is 29.5 Å². The predicted octanol–water partition coefficient (Wildman–Crippen LogP) is 3.35. The Balaban J connectivity index is 1.63. The zero-order chi connectivity index (χ0) is 18.9. The summed E-state index contributed by atoms with van der Waals surface area (Å²) in [5, 5.41) is 1.92. The molecular formula is C20H14N6OS. The molecule has 136 valence electrons. The average molecular weight is 386 g/mol. The van der Waals surface area contributed by atoms with Crippen molar-refractivity contribution in [3.05, 3.63) is 82.6 Å². The lowest BCUT2D eigenvalue weighted by molar-refractivity contribution is 0.775. The molecule has 0 bridgehead atoms. The standard InChI is InChI=1S/C20H14N6OS/c27-20-17-16(14(12-28-17)15-6-2-4-8-22-15)24-18(25-20)19-23-9-10-26(19)11-13-5-1-3-7-21-13/h1-10,12H,11H2,(H,24,25,27). The summed E-state index contributed by atoms with van der Waals surface area (Å²) in [6.45, 7) is 0.536. The molecule has 0 aliphatic carbocycles. The highest BCUT2D eigenvalue weighted by molar-refractivity contribution is 7.17. The quantitative estimate of drug-likeness (QED) is 0.512. The van der Waals surface area contributed by atoms with Gasteiger partial charge in [-0.2, -0.15) is 0 Å². The number of hydrogen-bond donors (Lipinski definition) is 1. The number of pyridine rings is 2. The van der Waals surface area contributed by atoms with Crippen molar-refractivity contribution >= 4 is 21.6 Å². The van der Waals surface area contributed by atoms with Crippen molar-refractivity contribution in [3.8, 4) is 22.9 Å². The maximum absolute atomic E-state index is 12.7. The molecule has 0 aromatic carbocycles. The summed E-state index contributed by atoms with van der Waals surface area (Å²) >= 11 is 1.36. The number of aromatic amines is 1. The minimum absolute atomic E-state index is 0.181. The van der Waals surface area contributed by atoms with Crippen LogP contribution in [0.3, 0.4) is 0 Å². The Kier molecular flexibility index (Phi) is 4.02. The Morgan fingerprint density at radius 1 is 1.00 bits per heavy atom. The first-order valence-electron chi connectivity index (χ1n) is 8.64. The minimum atomic E-state index is -0.181. The van der Waals surface area contributed by atoms with Gasteiger partial charge in [0.15, 0.2) is 11.6 Å². The number of aromatic nitrogens is 6. The largest absolute Gasteiger partial charge is 0.322 e. The Morgan fingerprint density at radius 2 is 1.86 bits per heavy atom. The molecule has 8 heteroatoms. The van der Waals surface area contributed by atoms with E-state index in [9.17, 15) is 4.79 Å². The second kappa shape index (κ2) is 6.82. The minimum Gasteiger partial charge on any atom is -0.322 e. The first-order valence-corrected chi connectivity index (χ1v) is 9.52. The monoisotopic (exact) mass is 386 g/mol. The first kappa shape index (κ1) is 16.5. The number of fused-ring (bicyclic) bond motifs is 1. The van der Waals surface area contributed by atoms with Gasteiger partial charge in [0, 0.05) is 35.7 Å². The van der Waals surface area contributed by atoms with Crippen molar-refractivity contribution in [3.63, 3.8) is 0 Å². The highest BCUT2D eigenvalue weighted by Gasteiger charge is 2.16. The number of nitrogens with zero attached hydrogens (tertiary/aromatic N) is 5. The molecule has 5 rings (SSSR count). The Labute approximate surface area is 163 Å². The van der Waals surface area contributed by atoms with Crippen molar-refractivity contribution in [2.45, 2.75) is 6.54 Å². The molecule has 5 heterocycles. The molecule has 0 aliphatic heterocycles. The zero-order valence-corrected chi connectivity index (χ0v) is 15.4. The summed E-state index contributed by atoms with van der Waals surface area (Å²) in [5.41, 5.74) is 2.98. The Bertz CT molecular complexity index is 1310. The van der Waals surface area contributed by atoms with Crippen LogP contribution in [0.1, 0.15) is 5.69 Å². The van der Waals surface area contributed by atoms with E-state index in [2.05, 4.69) is 19.9 Å². The van der Waals surface area contributed by atoms with Crippen LogP contribution in [0, 0.1) is 0 Å². The third-order valence-corrected chi connectivity index (χ3v) is 5.32. The van der Waals surface area contributed by atoms with Crippen LogP contribution in [0.5, 0.6) is 0 Å². The Morgan fingerprint density at radius 3 is 2.64 bits per heavy atom. The van der Waals surface area contributed by atoms with Gasteiger partial charge in [-0.15, -0.1) is 11.3 Å². The van der Waals surface area contributed by atoms with E-state index in [1.165, 1.54) is 11.3 Å². The van der Waals surface area contributed by atoms with Gasteiger partial charge in [-0.25, -0.2) is 9.97 Å². The van der Waals surface area contributed by atoms with Gasteiger partial charge >= 0.3 is 0 Å². The lowest BCUT2D eigenvalue weighted by Gasteiger charge is -2.07. The molecule has 5 aromatic heterocycles. The van der Waals surface area contributed by atoms with E-state index in [1.54, 1.807) is 18.6 Å². The summed E-state index contributed by atoms with van der Waals surface area (Å²) in [6, 6.07) is 11.4. The van der Waals surface area contributed by atoms with Crippen molar-refractivity contribution < 1.29 is 0 Å². The Hall–Kier alpha value is -3.65. The molecular weight excluding hydrogens is 372 g/mol. The molecule has 0 saturated heterocycles. The fourth-order valence-corrected chi connectivity index (χ4v) is 3.95. The molecule has 0 aliphatic rings. The highest BCUT2D eigenvalue weighted by atomic mass is 32.1. The summed E-state index contributed by atoms with van der Waals surface area (Å²) in [6.07, 6.45) is 7.02. The van der Waals surface area contributed by atoms with E-state index in [0.717, 1.165) is 17.0 Å². The summed E-state index contributed by atoms with van der Waals surface area (Å²) in [4.78, 5) is 33.4. The van der Waals surface area contributed by atoms with E-state index < -0.39 is 0 Å². The number of thiophene rings is 1. The van der Waals surface area contributed by atoms with E-state index in [4.69, 9.17) is 4.98 Å². The van der Waals surface area contributed by atoms with Crippen LogP contribution in [0.4, 0.5) is 0 Å². The molecule has 0 saturated carbocycles. The van der Waals surface area contributed by atoms with E-state index in [-0.39, 0.29) is 5.56 Å². The molecule has 0 radical (unpaired) electrons. The molecule has 0 atom stereocenters. The van der Waals surface area contributed by atoms with Crippen LogP contribution in [-0.2, 0) is 6.54 Å². The summed E-state index contributed by atoms with van der Waals surface area (Å²) in [7, 11) is 0. The van der Waals surface area contributed by atoms with Gasteiger partial charge < -0.3 is 9.55 Å². The normalized spacial score (nSPS) is 11.1. The maximum Gasteiger partial charge on any atom is 0.269 e. The molecule has 7 nitrogen and oxygen atoms in total. The number of H-pyrrole nitrogens is 1. The fraction of sp³-hybridized carbons (Fsp3) is 0.0500. The lowest BCUT2D eigenvalue weighted by Crippen LogP contribution is -2.11. The maximum atomic E-state index is 12.7. The highest BCUT2D eigenvalue weighted by Crippen LogP contribution is 2.30. The average Bonchev–Trinajstić information content (AvgIpc) is 3.36. The number of rotatable bonds is 4. The third-order valence-electron chi connectivity index (χ3n) is 4.35. The van der Waals surface area contributed by atoms with Gasteiger partial charge in [-0.1, -0.05) is 12.1 Å². The number of hydrogen-bond acceptors (Lipinski definition) is 6. The molecule has 0 unspecified atom stereocenters. The summed E-state index contributed by atoms with van der Waals surface area (Å²) in [5.74, 6) is 1.01. The van der Waals surface area contributed by atoms with E-state index in [1.807, 2.05) is 52.5 Å². The molecule has 0 fully saturated rings. The molecule has 0 amide bonds. The SMILES string of the molecule is O=c1[nH]c(-c2nccn2Cc2ccccn2)nc2c(-c3ccccn3)csc12. The van der Waals surface area contributed by atoms with Gasteiger partial charge in [-0.05, 0) is 24.3 Å². The van der Waals surface area contributed by atoms with E-state index >= 15 is 0 Å². The van der Waals surface area contributed by atoms with Crippen LogP contribution in [-0.4, -0.2) is 29.5 Å². The van der Waals surface area contributed by atoms with Crippen LogP contribution in [0.2, 0.25) is 0 Å². The third kappa shape index (κ3) is 2.89. The number of nitrogens with one attached hydrogen (secondary N) is 1. The van der Waals surface area contributed by atoms with E-state index in [0.29, 0.717) is 28.4 Å². The number of imidazole rings is 1. The van der Waals surface area contributed by atoms with Gasteiger partial charge in [0.05, 0.1) is 23.4 Å². The van der Waals surface area contributed by atoms with Crippen LogP contribution in [0.15, 0.2) is 71.4 Å². The van der Waals surface area contributed by atoms with Crippen molar-refractivity contribution in [2.75, 3.05) is 0 Å².